The van der Waals surface area contributed by atoms with Gasteiger partial charge in [0.15, 0.2) is 0 Å². The van der Waals surface area contributed by atoms with Gasteiger partial charge in [0.25, 0.3) is 0 Å². The van der Waals surface area contributed by atoms with Gasteiger partial charge in [0.1, 0.15) is 11.6 Å². The zero-order valence-corrected chi connectivity index (χ0v) is 10.9. The molecule has 106 valence electrons. The minimum Gasteiger partial charge on any atom is -0.339 e. The number of benzene rings is 1. The highest BCUT2D eigenvalue weighted by molar-refractivity contribution is 5.54. The van der Waals surface area contributed by atoms with Crippen LogP contribution < -0.4 is 5.73 Å². The van der Waals surface area contributed by atoms with E-state index in [1.54, 1.807) is 0 Å². The van der Waals surface area contributed by atoms with Crippen molar-refractivity contribution in [3.63, 3.8) is 0 Å². The normalized spacial score (nSPS) is 22.9. The average Bonchev–Trinajstić information content (AvgIpc) is 2.87. The number of rotatable bonds is 2. The molecule has 0 bridgehead atoms. The summed E-state index contributed by atoms with van der Waals surface area (Å²) < 4.78 is 31.6. The van der Waals surface area contributed by atoms with Crippen LogP contribution in [-0.2, 0) is 0 Å². The Kier molecular flexibility index (Phi) is 3.48. The summed E-state index contributed by atoms with van der Waals surface area (Å²) in [5, 5.41) is 3.81. The molecule has 6 heteroatoms. The van der Waals surface area contributed by atoms with Crippen molar-refractivity contribution in [2.75, 3.05) is 0 Å². The molecule has 2 aromatic rings. The second kappa shape index (κ2) is 5.28. The molecule has 1 saturated carbocycles. The van der Waals surface area contributed by atoms with Crippen LogP contribution in [0.2, 0.25) is 0 Å². The van der Waals surface area contributed by atoms with Crippen molar-refractivity contribution in [2.24, 2.45) is 5.73 Å². The SMILES string of the molecule is NC1CCCC(c2nc(-c3cc(F)cc(F)c3)no2)C1. The largest absolute Gasteiger partial charge is 0.339 e. The maximum absolute atomic E-state index is 13.2. The molecule has 2 unspecified atom stereocenters. The van der Waals surface area contributed by atoms with Crippen LogP contribution in [0.1, 0.15) is 37.5 Å². The summed E-state index contributed by atoms with van der Waals surface area (Å²) in [7, 11) is 0. The van der Waals surface area contributed by atoms with Crippen LogP contribution in [0.15, 0.2) is 22.7 Å². The third kappa shape index (κ3) is 2.70. The number of aromatic nitrogens is 2. The van der Waals surface area contributed by atoms with Crippen molar-refractivity contribution in [1.82, 2.24) is 10.1 Å². The first-order chi connectivity index (χ1) is 9.61. The Morgan fingerprint density at radius 1 is 1.15 bits per heavy atom. The minimum atomic E-state index is -0.661. The smallest absolute Gasteiger partial charge is 0.230 e. The van der Waals surface area contributed by atoms with Crippen LogP contribution in [0.4, 0.5) is 8.78 Å². The van der Waals surface area contributed by atoms with Crippen molar-refractivity contribution in [2.45, 2.75) is 37.6 Å². The number of halogens is 2. The molecular weight excluding hydrogens is 264 g/mol. The van der Waals surface area contributed by atoms with Gasteiger partial charge in [-0.25, -0.2) is 8.78 Å². The second-order valence-corrected chi connectivity index (χ2v) is 5.24. The number of nitrogens with zero attached hydrogens (tertiary/aromatic N) is 2. The fourth-order valence-corrected chi connectivity index (χ4v) is 2.65. The van der Waals surface area contributed by atoms with Gasteiger partial charge in [-0.05, 0) is 31.4 Å². The van der Waals surface area contributed by atoms with E-state index in [1.165, 1.54) is 12.1 Å². The Bertz CT molecular complexity index is 594. The Morgan fingerprint density at radius 3 is 2.60 bits per heavy atom. The van der Waals surface area contributed by atoms with E-state index in [4.69, 9.17) is 10.3 Å². The lowest BCUT2D eigenvalue weighted by Crippen LogP contribution is -2.26. The van der Waals surface area contributed by atoms with Gasteiger partial charge in [-0.1, -0.05) is 11.6 Å². The van der Waals surface area contributed by atoms with Crippen LogP contribution >= 0.6 is 0 Å². The molecular formula is C14H15F2N3O. The average molecular weight is 279 g/mol. The van der Waals surface area contributed by atoms with Crippen LogP contribution in [-0.4, -0.2) is 16.2 Å². The van der Waals surface area contributed by atoms with E-state index >= 15 is 0 Å². The van der Waals surface area contributed by atoms with Gasteiger partial charge in [-0.2, -0.15) is 4.98 Å². The molecule has 0 amide bonds. The molecule has 1 aromatic carbocycles. The third-order valence-corrected chi connectivity index (χ3v) is 3.63. The summed E-state index contributed by atoms with van der Waals surface area (Å²) in [5.74, 6) is -0.479. The maximum atomic E-state index is 13.2. The Labute approximate surface area is 115 Å². The first-order valence-corrected chi connectivity index (χ1v) is 6.67. The summed E-state index contributed by atoms with van der Waals surface area (Å²) in [6.45, 7) is 0. The zero-order valence-electron chi connectivity index (χ0n) is 10.9. The molecule has 1 fully saturated rings. The predicted octanol–water partition coefficient (Wildman–Crippen LogP) is 3.00. The van der Waals surface area contributed by atoms with Gasteiger partial charge in [0.05, 0.1) is 0 Å². The highest BCUT2D eigenvalue weighted by atomic mass is 19.1. The fourth-order valence-electron chi connectivity index (χ4n) is 2.65. The van der Waals surface area contributed by atoms with E-state index in [1.807, 2.05) is 0 Å². The van der Waals surface area contributed by atoms with Gasteiger partial charge < -0.3 is 10.3 Å². The molecule has 2 atom stereocenters. The molecule has 3 rings (SSSR count). The number of hydrogen-bond donors (Lipinski definition) is 1. The Balaban J connectivity index is 1.86. The minimum absolute atomic E-state index is 0.137. The van der Waals surface area contributed by atoms with Crippen LogP contribution in [0.25, 0.3) is 11.4 Å². The number of nitrogens with two attached hydrogens (primary N) is 1. The predicted molar refractivity (Wildman–Crippen MR) is 68.8 cm³/mol. The molecule has 20 heavy (non-hydrogen) atoms. The lowest BCUT2D eigenvalue weighted by molar-refractivity contribution is 0.299. The quantitative estimate of drug-likeness (QED) is 0.917. The molecule has 0 saturated heterocycles. The first-order valence-electron chi connectivity index (χ1n) is 6.67. The summed E-state index contributed by atoms with van der Waals surface area (Å²) in [5.41, 5.74) is 6.21. The van der Waals surface area contributed by atoms with Crippen molar-refractivity contribution in [1.29, 1.82) is 0 Å². The summed E-state index contributed by atoms with van der Waals surface area (Å²) >= 11 is 0. The molecule has 4 nitrogen and oxygen atoms in total. The highest BCUT2D eigenvalue weighted by Gasteiger charge is 2.25. The van der Waals surface area contributed by atoms with E-state index in [2.05, 4.69) is 10.1 Å². The maximum Gasteiger partial charge on any atom is 0.230 e. The second-order valence-electron chi connectivity index (χ2n) is 5.24. The van der Waals surface area contributed by atoms with Gasteiger partial charge in [0, 0.05) is 23.6 Å². The van der Waals surface area contributed by atoms with E-state index in [0.29, 0.717) is 5.89 Å². The number of hydrogen-bond acceptors (Lipinski definition) is 4. The van der Waals surface area contributed by atoms with Crippen LogP contribution in [0.5, 0.6) is 0 Å². The Morgan fingerprint density at radius 2 is 1.90 bits per heavy atom. The van der Waals surface area contributed by atoms with E-state index < -0.39 is 11.6 Å². The summed E-state index contributed by atoms with van der Waals surface area (Å²) in [6, 6.07) is 3.33. The standard InChI is InChI=1S/C14H15F2N3O/c15-10-4-9(5-11(16)7-10)13-18-14(20-19-13)8-2-1-3-12(17)6-8/h4-5,7-8,12H,1-3,6,17H2. The van der Waals surface area contributed by atoms with Crippen molar-refractivity contribution >= 4 is 0 Å². The lowest BCUT2D eigenvalue weighted by atomic mass is 9.86. The van der Waals surface area contributed by atoms with Crippen molar-refractivity contribution in [3.05, 3.63) is 35.7 Å². The first kappa shape index (κ1) is 13.2. The van der Waals surface area contributed by atoms with Gasteiger partial charge >= 0.3 is 0 Å². The van der Waals surface area contributed by atoms with Crippen molar-refractivity contribution < 1.29 is 13.3 Å². The van der Waals surface area contributed by atoms with Crippen LogP contribution in [0, 0.1) is 11.6 Å². The van der Waals surface area contributed by atoms with Gasteiger partial charge in [-0.15, -0.1) is 0 Å². The lowest BCUT2D eigenvalue weighted by Gasteiger charge is -2.23. The summed E-state index contributed by atoms with van der Waals surface area (Å²) in [6.07, 6.45) is 3.79. The Hall–Kier alpha value is -1.82. The van der Waals surface area contributed by atoms with E-state index in [-0.39, 0.29) is 23.3 Å². The molecule has 1 aliphatic rings. The topological polar surface area (TPSA) is 64.9 Å². The monoisotopic (exact) mass is 279 g/mol. The molecule has 1 aliphatic carbocycles. The third-order valence-electron chi connectivity index (χ3n) is 3.63. The molecule has 0 radical (unpaired) electrons. The van der Waals surface area contributed by atoms with Crippen molar-refractivity contribution in [3.8, 4) is 11.4 Å². The summed E-state index contributed by atoms with van der Waals surface area (Å²) in [4.78, 5) is 4.25. The molecule has 2 N–H and O–H groups in total. The van der Waals surface area contributed by atoms with Gasteiger partial charge in [-0.3, -0.25) is 0 Å². The molecule has 1 heterocycles. The van der Waals surface area contributed by atoms with Gasteiger partial charge in [0.2, 0.25) is 11.7 Å². The molecule has 1 aromatic heterocycles. The zero-order chi connectivity index (χ0) is 14.1. The molecule has 0 aliphatic heterocycles. The fraction of sp³-hybridized carbons (Fsp3) is 0.429. The molecule has 0 spiro atoms. The highest BCUT2D eigenvalue weighted by Crippen LogP contribution is 2.32. The van der Waals surface area contributed by atoms with E-state index in [0.717, 1.165) is 31.7 Å². The van der Waals surface area contributed by atoms with Crippen LogP contribution in [0.3, 0.4) is 0 Å². The van der Waals surface area contributed by atoms with E-state index in [9.17, 15) is 8.78 Å².